The molecule has 0 N–H and O–H groups in total. The molecule has 1 aliphatic rings. The van der Waals surface area contributed by atoms with E-state index in [1.807, 2.05) is 35.9 Å². The van der Waals surface area contributed by atoms with Gasteiger partial charge in [0.2, 0.25) is 5.91 Å². The van der Waals surface area contributed by atoms with Crippen LogP contribution in [0.4, 0.5) is 0 Å². The summed E-state index contributed by atoms with van der Waals surface area (Å²) < 4.78 is 9.21. The van der Waals surface area contributed by atoms with Gasteiger partial charge in [0.05, 0.1) is 12.3 Å². The van der Waals surface area contributed by atoms with Crippen LogP contribution in [0.1, 0.15) is 30.1 Å². The van der Waals surface area contributed by atoms with Crippen molar-refractivity contribution in [3.63, 3.8) is 0 Å². The number of hydrogen-bond acceptors (Lipinski definition) is 4. The highest BCUT2D eigenvalue weighted by Gasteiger charge is 2.25. The van der Waals surface area contributed by atoms with Crippen molar-refractivity contribution in [1.29, 1.82) is 0 Å². The molecule has 23 heavy (non-hydrogen) atoms. The first-order chi connectivity index (χ1) is 11.1. The lowest BCUT2D eigenvalue weighted by atomic mass is 9.93. The molecule has 2 aromatic heterocycles. The largest absolute Gasteiger partial charge is 0.365 e. The van der Waals surface area contributed by atoms with Gasteiger partial charge in [0, 0.05) is 51.2 Å². The van der Waals surface area contributed by atoms with E-state index in [0.29, 0.717) is 12.5 Å². The summed E-state index contributed by atoms with van der Waals surface area (Å²) in [6.07, 6.45) is 5.52. The first-order valence-electron chi connectivity index (χ1n) is 7.95. The van der Waals surface area contributed by atoms with E-state index in [4.69, 9.17) is 4.74 Å². The first kappa shape index (κ1) is 15.7. The Morgan fingerprint density at radius 3 is 2.48 bits per heavy atom. The lowest BCUT2D eigenvalue weighted by Crippen LogP contribution is -2.40. The summed E-state index contributed by atoms with van der Waals surface area (Å²) >= 11 is 0. The molecule has 0 unspecified atom stereocenters. The van der Waals surface area contributed by atoms with Crippen molar-refractivity contribution in [2.45, 2.75) is 25.4 Å². The predicted octanol–water partition coefficient (Wildman–Crippen LogP) is 1.08. The van der Waals surface area contributed by atoms with Crippen LogP contribution in [-0.4, -0.2) is 50.1 Å². The van der Waals surface area contributed by atoms with Crippen LogP contribution in [0.25, 0.3) is 0 Å². The number of piperidine rings is 1. The zero-order valence-electron chi connectivity index (χ0n) is 13.7. The minimum atomic E-state index is 0.0654. The summed E-state index contributed by atoms with van der Waals surface area (Å²) in [5.41, 5.74) is 2.22. The quantitative estimate of drug-likeness (QED) is 0.827. The Labute approximate surface area is 135 Å². The lowest BCUT2D eigenvalue weighted by molar-refractivity contribution is -0.137. The molecule has 1 saturated heterocycles. The Morgan fingerprint density at radius 2 is 1.87 bits per heavy atom. The molecular formula is C16H23N5O2. The van der Waals surface area contributed by atoms with Crippen LogP contribution in [0.15, 0.2) is 24.5 Å². The fourth-order valence-corrected chi connectivity index (χ4v) is 3.09. The second-order valence-corrected chi connectivity index (χ2v) is 5.97. The van der Waals surface area contributed by atoms with Gasteiger partial charge in [-0.25, -0.2) is 0 Å². The molecule has 0 radical (unpaired) electrons. The highest BCUT2D eigenvalue weighted by atomic mass is 16.5. The zero-order valence-corrected chi connectivity index (χ0v) is 13.7. The Hall–Kier alpha value is -2.15. The lowest BCUT2D eigenvalue weighted by Gasteiger charge is -2.32. The van der Waals surface area contributed by atoms with Crippen LogP contribution in [-0.2, 0) is 30.2 Å². The van der Waals surface area contributed by atoms with Gasteiger partial charge in [-0.15, -0.1) is 0 Å². The second-order valence-electron chi connectivity index (χ2n) is 5.97. The van der Waals surface area contributed by atoms with E-state index < -0.39 is 0 Å². The van der Waals surface area contributed by atoms with Crippen molar-refractivity contribution in [2.75, 3.05) is 19.7 Å². The Kier molecular flexibility index (Phi) is 4.76. The molecule has 0 saturated carbocycles. The summed E-state index contributed by atoms with van der Waals surface area (Å²) in [6.45, 7) is 2.10. The monoisotopic (exact) mass is 317 g/mol. The van der Waals surface area contributed by atoms with Crippen LogP contribution < -0.4 is 0 Å². The van der Waals surface area contributed by atoms with Gasteiger partial charge in [-0.3, -0.25) is 14.2 Å². The normalized spacial score (nSPS) is 16.0. The van der Waals surface area contributed by atoms with E-state index in [-0.39, 0.29) is 12.5 Å². The summed E-state index contributed by atoms with van der Waals surface area (Å²) in [4.78, 5) is 14.1. The molecule has 3 rings (SSSR count). The van der Waals surface area contributed by atoms with E-state index in [2.05, 4.69) is 16.3 Å². The van der Waals surface area contributed by atoms with E-state index in [1.165, 1.54) is 5.69 Å². The number of aryl methyl sites for hydroxylation is 2. The first-order valence-corrected chi connectivity index (χ1v) is 7.95. The van der Waals surface area contributed by atoms with Gasteiger partial charge in [0.25, 0.3) is 0 Å². The number of nitrogens with zero attached hydrogens (tertiary/aromatic N) is 5. The van der Waals surface area contributed by atoms with Gasteiger partial charge < -0.3 is 9.64 Å². The Bertz CT molecular complexity index is 655. The van der Waals surface area contributed by atoms with E-state index in [1.54, 1.807) is 10.9 Å². The maximum atomic E-state index is 12.2. The van der Waals surface area contributed by atoms with E-state index in [0.717, 1.165) is 31.6 Å². The predicted molar refractivity (Wildman–Crippen MR) is 84.6 cm³/mol. The fourth-order valence-electron chi connectivity index (χ4n) is 3.09. The van der Waals surface area contributed by atoms with E-state index in [9.17, 15) is 4.79 Å². The molecule has 2 aromatic rings. The summed E-state index contributed by atoms with van der Waals surface area (Å²) in [6, 6.07) is 3.96. The number of aromatic nitrogens is 4. The SMILES string of the molecule is Cn1nccc1COCC(=O)N1CCC(c2ccnn2C)CC1. The number of carbonyl (C=O) groups excluding carboxylic acids is 1. The maximum Gasteiger partial charge on any atom is 0.248 e. The topological polar surface area (TPSA) is 65.2 Å². The average molecular weight is 317 g/mol. The number of ether oxygens (including phenoxy) is 1. The molecule has 1 amide bonds. The van der Waals surface area contributed by atoms with Gasteiger partial charge in [-0.1, -0.05) is 0 Å². The van der Waals surface area contributed by atoms with Crippen molar-refractivity contribution in [2.24, 2.45) is 14.1 Å². The molecular weight excluding hydrogens is 294 g/mol. The number of hydrogen-bond donors (Lipinski definition) is 0. The summed E-state index contributed by atoms with van der Waals surface area (Å²) in [5.74, 6) is 0.553. The Morgan fingerprint density at radius 1 is 1.17 bits per heavy atom. The number of amides is 1. The van der Waals surface area contributed by atoms with Gasteiger partial charge in [0.1, 0.15) is 6.61 Å². The molecule has 1 fully saturated rings. The third-order valence-corrected chi connectivity index (χ3v) is 4.52. The van der Waals surface area contributed by atoms with Gasteiger partial charge in [0.15, 0.2) is 0 Å². The number of carbonyl (C=O) groups is 1. The molecule has 7 nitrogen and oxygen atoms in total. The molecule has 0 aromatic carbocycles. The third kappa shape index (κ3) is 3.61. The number of rotatable bonds is 5. The Balaban J connectivity index is 1.43. The van der Waals surface area contributed by atoms with Crippen molar-refractivity contribution >= 4 is 5.91 Å². The maximum absolute atomic E-state index is 12.2. The highest BCUT2D eigenvalue weighted by Crippen LogP contribution is 2.27. The second kappa shape index (κ2) is 6.95. The molecule has 124 valence electrons. The highest BCUT2D eigenvalue weighted by molar-refractivity contribution is 5.77. The molecule has 7 heteroatoms. The third-order valence-electron chi connectivity index (χ3n) is 4.52. The molecule has 0 atom stereocenters. The zero-order chi connectivity index (χ0) is 16.2. The van der Waals surface area contributed by atoms with Crippen molar-refractivity contribution in [1.82, 2.24) is 24.5 Å². The molecule has 0 bridgehead atoms. The standard InChI is InChI=1S/C16H23N5O2/c1-19-14(3-7-17-19)11-23-12-16(22)21-9-5-13(6-10-21)15-4-8-18-20(15)2/h3-4,7-8,13H,5-6,9-12H2,1-2H3. The van der Waals surface area contributed by atoms with Gasteiger partial charge >= 0.3 is 0 Å². The van der Waals surface area contributed by atoms with Crippen molar-refractivity contribution in [3.8, 4) is 0 Å². The minimum absolute atomic E-state index is 0.0654. The van der Waals surface area contributed by atoms with Crippen LogP contribution >= 0.6 is 0 Å². The molecule has 0 aliphatic carbocycles. The average Bonchev–Trinajstić information content (AvgIpc) is 3.16. The van der Waals surface area contributed by atoms with Crippen molar-refractivity contribution in [3.05, 3.63) is 35.9 Å². The van der Waals surface area contributed by atoms with E-state index >= 15 is 0 Å². The van der Waals surface area contributed by atoms with Gasteiger partial charge in [-0.2, -0.15) is 10.2 Å². The van der Waals surface area contributed by atoms with Crippen LogP contribution in [0, 0.1) is 0 Å². The minimum Gasteiger partial charge on any atom is -0.365 e. The molecule has 1 aliphatic heterocycles. The summed E-state index contributed by atoms with van der Waals surface area (Å²) in [7, 11) is 3.84. The van der Waals surface area contributed by atoms with Crippen LogP contribution in [0.2, 0.25) is 0 Å². The van der Waals surface area contributed by atoms with Crippen LogP contribution in [0.5, 0.6) is 0 Å². The van der Waals surface area contributed by atoms with Gasteiger partial charge in [-0.05, 0) is 25.0 Å². The molecule has 0 spiro atoms. The smallest absolute Gasteiger partial charge is 0.248 e. The fraction of sp³-hybridized carbons (Fsp3) is 0.562. The molecule has 3 heterocycles. The van der Waals surface area contributed by atoms with Crippen molar-refractivity contribution < 1.29 is 9.53 Å². The van der Waals surface area contributed by atoms with Crippen LogP contribution in [0.3, 0.4) is 0 Å². The number of likely N-dealkylation sites (tertiary alicyclic amines) is 1. The summed E-state index contributed by atoms with van der Waals surface area (Å²) in [5, 5.41) is 8.31.